The first kappa shape index (κ1) is 11.6. The van der Waals surface area contributed by atoms with Crippen molar-refractivity contribution in [3.8, 4) is 0 Å². The van der Waals surface area contributed by atoms with Crippen LogP contribution in [0.25, 0.3) is 0 Å². The van der Waals surface area contributed by atoms with Crippen LogP contribution in [0, 0.1) is 0 Å². The Kier molecular flexibility index (Phi) is 3.00. The maximum Gasteiger partial charge on any atom is 0.252 e. The van der Waals surface area contributed by atoms with Gasteiger partial charge in [0.25, 0.3) is 5.89 Å². The van der Waals surface area contributed by atoms with Crippen LogP contribution in [0.4, 0.5) is 0 Å². The third kappa shape index (κ3) is 1.99. The van der Waals surface area contributed by atoms with E-state index >= 15 is 0 Å². The summed E-state index contributed by atoms with van der Waals surface area (Å²) in [4.78, 5) is 17.8. The maximum absolute atomic E-state index is 11.9. The predicted molar refractivity (Wildman–Crippen MR) is 60.5 cm³/mol. The normalized spacial score (nSPS) is 26.9. The zero-order valence-corrected chi connectivity index (χ0v) is 10.0. The Morgan fingerprint density at radius 1 is 1.56 bits per heavy atom. The number of fused-ring (bicyclic) bond motifs is 1. The highest BCUT2D eigenvalue weighted by Gasteiger charge is 2.41. The van der Waals surface area contributed by atoms with Crippen LogP contribution >= 0.6 is 0 Å². The number of carbonyl (C=O) groups excluding carboxylic acids is 1. The summed E-state index contributed by atoms with van der Waals surface area (Å²) >= 11 is 0. The number of aromatic nitrogens is 2. The van der Waals surface area contributed by atoms with Crippen molar-refractivity contribution in [2.24, 2.45) is 0 Å². The molecule has 0 saturated carbocycles. The molecule has 1 amide bonds. The molecule has 0 spiro atoms. The van der Waals surface area contributed by atoms with Crippen LogP contribution in [0.5, 0.6) is 0 Å². The fourth-order valence-corrected chi connectivity index (χ4v) is 2.79. The fourth-order valence-electron chi connectivity index (χ4n) is 2.79. The highest BCUT2D eigenvalue weighted by atomic mass is 16.5. The van der Waals surface area contributed by atoms with Gasteiger partial charge in [0.05, 0.1) is 0 Å². The van der Waals surface area contributed by atoms with Crippen LogP contribution in [-0.4, -0.2) is 51.2 Å². The number of aliphatic hydroxyl groups excluding tert-OH is 1. The smallest absolute Gasteiger partial charge is 0.252 e. The van der Waals surface area contributed by atoms with Crippen LogP contribution in [0.3, 0.4) is 0 Å². The molecular formula is C11H16N4O3. The molecule has 2 N–H and O–H groups in total. The summed E-state index contributed by atoms with van der Waals surface area (Å²) < 4.78 is 4.82. The highest BCUT2D eigenvalue weighted by Crippen LogP contribution is 2.25. The lowest BCUT2D eigenvalue weighted by Crippen LogP contribution is -2.37. The molecule has 0 aromatic carbocycles. The standard InChI is InChI=1S/C11H16N4O3/c16-6-10-13-9(14-18-10)2-4-15-8-1-3-12-7(8)5-11(15)17/h7-8,12,16H,1-6H2/t7-,8-/m1/s1. The van der Waals surface area contributed by atoms with Crippen molar-refractivity contribution in [3.63, 3.8) is 0 Å². The molecule has 2 aliphatic heterocycles. The van der Waals surface area contributed by atoms with Crippen molar-refractivity contribution in [1.82, 2.24) is 20.4 Å². The second-order valence-corrected chi connectivity index (χ2v) is 4.72. The summed E-state index contributed by atoms with van der Waals surface area (Å²) in [5.41, 5.74) is 0. The van der Waals surface area contributed by atoms with Gasteiger partial charge in [-0.05, 0) is 13.0 Å². The van der Waals surface area contributed by atoms with Crippen molar-refractivity contribution >= 4 is 5.91 Å². The molecule has 2 fully saturated rings. The molecular weight excluding hydrogens is 236 g/mol. The molecule has 2 aliphatic rings. The molecule has 0 radical (unpaired) electrons. The fraction of sp³-hybridized carbons (Fsp3) is 0.727. The SMILES string of the molecule is O=C1C[C@H]2NCC[C@H]2N1CCc1noc(CO)n1. The van der Waals surface area contributed by atoms with Crippen molar-refractivity contribution < 1.29 is 14.4 Å². The maximum atomic E-state index is 11.9. The number of rotatable bonds is 4. The summed E-state index contributed by atoms with van der Waals surface area (Å²) in [5.74, 6) is 0.961. The first-order chi connectivity index (χ1) is 8.78. The average Bonchev–Trinajstić information content (AvgIpc) is 3.03. The summed E-state index contributed by atoms with van der Waals surface area (Å²) in [6.45, 7) is 1.35. The van der Waals surface area contributed by atoms with Gasteiger partial charge in [0.15, 0.2) is 5.82 Å². The van der Waals surface area contributed by atoms with Gasteiger partial charge in [-0.3, -0.25) is 4.79 Å². The van der Waals surface area contributed by atoms with Crippen molar-refractivity contribution in [2.75, 3.05) is 13.1 Å². The number of amides is 1. The molecule has 0 unspecified atom stereocenters. The first-order valence-corrected chi connectivity index (χ1v) is 6.23. The number of hydrogen-bond acceptors (Lipinski definition) is 6. The molecule has 3 rings (SSSR count). The van der Waals surface area contributed by atoms with Crippen LogP contribution in [0.1, 0.15) is 24.6 Å². The van der Waals surface area contributed by atoms with E-state index in [4.69, 9.17) is 9.63 Å². The Morgan fingerprint density at radius 3 is 3.22 bits per heavy atom. The number of carbonyl (C=O) groups is 1. The molecule has 98 valence electrons. The monoisotopic (exact) mass is 252 g/mol. The Bertz CT molecular complexity index is 447. The molecule has 3 heterocycles. The molecule has 2 saturated heterocycles. The molecule has 1 aromatic heterocycles. The zero-order chi connectivity index (χ0) is 12.5. The number of nitrogens with zero attached hydrogens (tertiary/aromatic N) is 3. The van der Waals surface area contributed by atoms with Gasteiger partial charge in [0, 0.05) is 31.5 Å². The lowest BCUT2D eigenvalue weighted by molar-refractivity contribution is -0.129. The summed E-state index contributed by atoms with van der Waals surface area (Å²) in [6.07, 6.45) is 2.18. The Balaban J connectivity index is 1.60. The molecule has 7 nitrogen and oxygen atoms in total. The molecule has 2 atom stereocenters. The minimum Gasteiger partial charge on any atom is -0.387 e. The zero-order valence-electron chi connectivity index (χ0n) is 10.0. The minimum absolute atomic E-state index is 0.197. The van der Waals surface area contributed by atoms with E-state index in [1.807, 2.05) is 4.90 Å². The van der Waals surface area contributed by atoms with Gasteiger partial charge in [0.2, 0.25) is 5.91 Å². The van der Waals surface area contributed by atoms with E-state index in [-0.39, 0.29) is 18.4 Å². The lowest BCUT2D eigenvalue weighted by Gasteiger charge is -2.22. The van der Waals surface area contributed by atoms with E-state index in [2.05, 4.69) is 15.5 Å². The van der Waals surface area contributed by atoms with Crippen molar-refractivity contribution in [1.29, 1.82) is 0 Å². The first-order valence-electron chi connectivity index (χ1n) is 6.23. The van der Waals surface area contributed by atoms with Crippen LogP contribution < -0.4 is 5.32 Å². The second kappa shape index (κ2) is 4.66. The van der Waals surface area contributed by atoms with E-state index in [1.165, 1.54) is 0 Å². The van der Waals surface area contributed by atoms with Gasteiger partial charge in [-0.1, -0.05) is 5.16 Å². The molecule has 18 heavy (non-hydrogen) atoms. The summed E-state index contributed by atoms with van der Waals surface area (Å²) in [5, 5.41) is 15.9. The van der Waals surface area contributed by atoms with Gasteiger partial charge < -0.3 is 19.8 Å². The third-order valence-electron chi connectivity index (χ3n) is 3.65. The molecule has 1 aromatic rings. The van der Waals surface area contributed by atoms with Crippen molar-refractivity contribution in [2.45, 2.75) is 38.0 Å². The van der Waals surface area contributed by atoms with Gasteiger partial charge in [0.1, 0.15) is 6.61 Å². The van der Waals surface area contributed by atoms with Crippen LogP contribution in [0.2, 0.25) is 0 Å². The number of aliphatic hydroxyl groups is 1. The largest absolute Gasteiger partial charge is 0.387 e. The topological polar surface area (TPSA) is 91.5 Å². The number of hydrogen-bond donors (Lipinski definition) is 2. The summed E-state index contributed by atoms with van der Waals surface area (Å²) in [7, 11) is 0. The van der Waals surface area contributed by atoms with E-state index in [0.717, 1.165) is 13.0 Å². The van der Waals surface area contributed by atoms with Crippen LogP contribution in [-0.2, 0) is 17.8 Å². The Labute approximate surface area is 104 Å². The van der Waals surface area contributed by atoms with E-state index in [0.29, 0.717) is 37.3 Å². The molecule has 0 bridgehead atoms. The second-order valence-electron chi connectivity index (χ2n) is 4.72. The van der Waals surface area contributed by atoms with E-state index in [1.54, 1.807) is 0 Å². The Hall–Kier alpha value is -1.47. The quantitative estimate of drug-likeness (QED) is 0.719. The summed E-state index contributed by atoms with van der Waals surface area (Å²) in [6, 6.07) is 0.637. The third-order valence-corrected chi connectivity index (χ3v) is 3.65. The van der Waals surface area contributed by atoms with Gasteiger partial charge in [-0.25, -0.2) is 0 Å². The van der Waals surface area contributed by atoms with E-state index < -0.39 is 0 Å². The number of nitrogens with one attached hydrogen (secondary N) is 1. The van der Waals surface area contributed by atoms with Gasteiger partial charge in [-0.2, -0.15) is 4.98 Å². The average molecular weight is 252 g/mol. The van der Waals surface area contributed by atoms with Crippen molar-refractivity contribution in [3.05, 3.63) is 11.7 Å². The van der Waals surface area contributed by atoms with Crippen LogP contribution in [0.15, 0.2) is 4.52 Å². The predicted octanol–water partition coefficient (Wildman–Crippen LogP) is -0.933. The molecule has 7 heteroatoms. The number of likely N-dealkylation sites (tertiary alicyclic amines) is 1. The van der Waals surface area contributed by atoms with Gasteiger partial charge >= 0.3 is 0 Å². The van der Waals surface area contributed by atoms with E-state index in [9.17, 15) is 4.79 Å². The highest BCUT2D eigenvalue weighted by molar-refractivity contribution is 5.80. The molecule has 0 aliphatic carbocycles. The lowest BCUT2D eigenvalue weighted by atomic mass is 10.1. The van der Waals surface area contributed by atoms with Gasteiger partial charge in [-0.15, -0.1) is 0 Å². The minimum atomic E-state index is -0.246. The Morgan fingerprint density at radius 2 is 2.44 bits per heavy atom.